The van der Waals surface area contributed by atoms with Gasteiger partial charge in [0.15, 0.2) is 0 Å². The predicted octanol–water partition coefficient (Wildman–Crippen LogP) is 6.45. The fourth-order valence-corrected chi connectivity index (χ4v) is 4.70. The number of aliphatic imine (C=N–C) groups is 1. The quantitative estimate of drug-likeness (QED) is 0.187. The maximum atomic E-state index is 4.86. The van der Waals surface area contributed by atoms with Gasteiger partial charge >= 0.3 is 0 Å². The molecule has 0 atom stereocenters. The van der Waals surface area contributed by atoms with Crippen molar-refractivity contribution in [2.45, 2.75) is 19.3 Å². The van der Waals surface area contributed by atoms with E-state index < -0.39 is 0 Å². The van der Waals surface area contributed by atoms with E-state index in [1.54, 1.807) is 0 Å². The number of rotatable bonds is 4. The van der Waals surface area contributed by atoms with E-state index in [9.17, 15) is 0 Å². The molecule has 0 bridgehead atoms. The molecule has 0 saturated carbocycles. The maximum absolute atomic E-state index is 4.86. The fourth-order valence-electron chi connectivity index (χ4n) is 3.64. The summed E-state index contributed by atoms with van der Waals surface area (Å²) in [5.41, 5.74) is 6.76. The van der Waals surface area contributed by atoms with E-state index >= 15 is 0 Å². The summed E-state index contributed by atoms with van der Waals surface area (Å²) >= 11 is 2.40. The molecule has 0 amide bonds. The van der Waals surface area contributed by atoms with Gasteiger partial charge in [-0.15, -0.1) is 0 Å². The summed E-state index contributed by atoms with van der Waals surface area (Å²) in [4.78, 5) is 14.2. The molecule has 1 aromatic heterocycles. The SMILES string of the molecule is CN=C(/C=C/c1cccc2nc3ccccc3nc12)C(C)(C)c1ccccc1I. The smallest absolute Gasteiger partial charge is 0.0966 e. The van der Waals surface area contributed by atoms with Crippen LogP contribution in [0.25, 0.3) is 28.1 Å². The molecule has 1 heterocycles. The Balaban J connectivity index is 1.77. The monoisotopic (exact) mass is 491 g/mol. The molecule has 4 aromatic rings. The number of halogens is 1. The van der Waals surface area contributed by atoms with Crippen molar-refractivity contribution in [2.24, 2.45) is 4.99 Å². The molecule has 0 aliphatic carbocycles. The van der Waals surface area contributed by atoms with Crippen molar-refractivity contribution in [1.29, 1.82) is 0 Å². The molecule has 0 spiro atoms. The molecule has 4 heteroatoms. The molecule has 0 unspecified atom stereocenters. The average molecular weight is 491 g/mol. The highest BCUT2D eigenvalue weighted by atomic mass is 127. The lowest BCUT2D eigenvalue weighted by Gasteiger charge is -2.27. The van der Waals surface area contributed by atoms with Crippen LogP contribution >= 0.6 is 22.6 Å². The number of fused-ring (bicyclic) bond motifs is 2. The van der Waals surface area contributed by atoms with Crippen LogP contribution in [0.1, 0.15) is 25.0 Å². The molecular weight excluding hydrogens is 469 g/mol. The Morgan fingerprint density at radius 2 is 1.52 bits per heavy atom. The van der Waals surface area contributed by atoms with Gasteiger partial charge in [0, 0.05) is 27.3 Å². The number of hydrogen-bond acceptors (Lipinski definition) is 3. The van der Waals surface area contributed by atoms with E-state index in [2.05, 4.69) is 83.9 Å². The number of aromatic nitrogens is 2. The second-order valence-corrected chi connectivity index (χ2v) is 8.64. The van der Waals surface area contributed by atoms with Crippen LogP contribution in [0.5, 0.6) is 0 Å². The number of hydrogen-bond donors (Lipinski definition) is 0. The minimum Gasteiger partial charge on any atom is -0.292 e. The Labute approximate surface area is 184 Å². The predicted molar refractivity (Wildman–Crippen MR) is 132 cm³/mol. The first-order valence-electron chi connectivity index (χ1n) is 9.56. The molecule has 0 saturated heterocycles. The molecule has 144 valence electrons. The minimum absolute atomic E-state index is 0.202. The summed E-state index contributed by atoms with van der Waals surface area (Å²) in [6, 6.07) is 22.6. The molecule has 0 fully saturated rings. The average Bonchev–Trinajstić information content (AvgIpc) is 2.73. The van der Waals surface area contributed by atoms with Crippen LogP contribution in [0.15, 0.2) is 77.8 Å². The Morgan fingerprint density at radius 3 is 2.24 bits per heavy atom. The topological polar surface area (TPSA) is 38.1 Å². The van der Waals surface area contributed by atoms with Gasteiger partial charge in [-0.1, -0.05) is 62.4 Å². The Morgan fingerprint density at radius 1 is 0.862 bits per heavy atom. The highest BCUT2D eigenvalue weighted by Crippen LogP contribution is 2.30. The Kier molecular flexibility index (Phi) is 5.46. The van der Waals surface area contributed by atoms with Gasteiger partial charge in [0.05, 0.1) is 22.1 Å². The van der Waals surface area contributed by atoms with Crippen molar-refractivity contribution in [3.05, 3.63) is 87.5 Å². The zero-order valence-electron chi connectivity index (χ0n) is 16.7. The summed E-state index contributed by atoms with van der Waals surface area (Å²) in [6.07, 6.45) is 4.21. The van der Waals surface area contributed by atoms with Crippen molar-refractivity contribution < 1.29 is 0 Å². The van der Waals surface area contributed by atoms with Crippen LogP contribution in [-0.4, -0.2) is 22.7 Å². The first-order valence-corrected chi connectivity index (χ1v) is 10.6. The lowest BCUT2D eigenvalue weighted by atomic mass is 9.79. The van der Waals surface area contributed by atoms with E-state index in [4.69, 9.17) is 9.97 Å². The summed E-state index contributed by atoms with van der Waals surface area (Å²) in [6.45, 7) is 4.43. The molecule has 0 aliphatic rings. The lowest BCUT2D eigenvalue weighted by molar-refractivity contribution is 0.715. The highest BCUT2D eigenvalue weighted by molar-refractivity contribution is 14.1. The maximum Gasteiger partial charge on any atom is 0.0966 e. The van der Waals surface area contributed by atoms with Crippen molar-refractivity contribution in [3.63, 3.8) is 0 Å². The molecule has 29 heavy (non-hydrogen) atoms. The summed E-state index contributed by atoms with van der Waals surface area (Å²) in [7, 11) is 1.85. The van der Waals surface area contributed by atoms with Crippen molar-refractivity contribution >= 4 is 56.4 Å². The van der Waals surface area contributed by atoms with Crippen molar-refractivity contribution in [2.75, 3.05) is 7.05 Å². The van der Waals surface area contributed by atoms with Gasteiger partial charge in [0.25, 0.3) is 0 Å². The first kappa shape index (κ1) is 19.7. The number of allylic oxidation sites excluding steroid dienone is 1. The van der Waals surface area contributed by atoms with E-state index in [1.807, 2.05) is 43.4 Å². The lowest BCUT2D eigenvalue weighted by Crippen LogP contribution is -2.28. The fraction of sp³-hybridized carbons (Fsp3) is 0.160. The van der Waals surface area contributed by atoms with Crippen molar-refractivity contribution in [3.8, 4) is 0 Å². The molecule has 0 radical (unpaired) electrons. The second kappa shape index (κ2) is 8.03. The number of nitrogens with zero attached hydrogens (tertiary/aromatic N) is 3. The molecule has 0 N–H and O–H groups in total. The normalized spacial score (nSPS) is 12.9. The number of para-hydroxylation sites is 3. The minimum atomic E-state index is -0.202. The molecular formula is C25H22IN3. The standard InChI is InChI=1S/C25H22IN3/c1-25(2,18-10-4-5-11-19(18)26)23(27-3)16-15-17-9-8-14-22-24(17)29-21-13-7-6-12-20(21)28-22/h4-16H,1-3H3/b16-15+,27-23?. The second-order valence-electron chi connectivity index (χ2n) is 7.47. The van der Waals surface area contributed by atoms with Crippen LogP contribution in [0.3, 0.4) is 0 Å². The van der Waals surface area contributed by atoms with Gasteiger partial charge in [-0.05, 0) is 58.5 Å². The van der Waals surface area contributed by atoms with Crippen LogP contribution in [-0.2, 0) is 5.41 Å². The van der Waals surface area contributed by atoms with Crippen LogP contribution in [0.2, 0.25) is 0 Å². The van der Waals surface area contributed by atoms with Gasteiger partial charge in [0.1, 0.15) is 0 Å². The van der Waals surface area contributed by atoms with Crippen LogP contribution in [0.4, 0.5) is 0 Å². The van der Waals surface area contributed by atoms with Crippen LogP contribution in [0, 0.1) is 3.57 Å². The van der Waals surface area contributed by atoms with Gasteiger partial charge in [0.2, 0.25) is 0 Å². The third-order valence-corrected chi connectivity index (χ3v) is 6.19. The summed E-state index contributed by atoms with van der Waals surface area (Å²) in [5, 5.41) is 0. The van der Waals surface area contributed by atoms with Gasteiger partial charge in [-0.3, -0.25) is 4.99 Å². The highest BCUT2D eigenvalue weighted by Gasteiger charge is 2.27. The third kappa shape index (κ3) is 3.81. The largest absolute Gasteiger partial charge is 0.292 e. The summed E-state index contributed by atoms with van der Waals surface area (Å²) in [5.74, 6) is 0. The van der Waals surface area contributed by atoms with Gasteiger partial charge in [-0.25, -0.2) is 9.97 Å². The Bertz CT molecular complexity index is 1260. The Hall–Kier alpha value is -2.60. The van der Waals surface area contributed by atoms with E-state index in [0.717, 1.165) is 33.3 Å². The molecule has 3 aromatic carbocycles. The van der Waals surface area contributed by atoms with Gasteiger partial charge < -0.3 is 0 Å². The number of benzene rings is 3. The molecule has 0 aliphatic heterocycles. The van der Waals surface area contributed by atoms with E-state index in [1.165, 1.54) is 9.13 Å². The molecule has 4 rings (SSSR count). The van der Waals surface area contributed by atoms with Gasteiger partial charge in [-0.2, -0.15) is 0 Å². The zero-order chi connectivity index (χ0) is 20.4. The molecule has 3 nitrogen and oxygen atoms in total. The van der Waals surface area contributed by atoms with Crippen molar-refractivity contribution in [1.82, 2.24) is 9.97 Å². The van der Waals surface area contributed by atoms with E-state index in [0.29, 0.717) is 0 Å². The van der Waals surface area contributed by atoms with E-state index in [-0.39, 0.29) is 5.41 Å². The van der Waals surface area contributed by atoms with Crippen LogP contribution < -0.4 is 0 Å². The zero-order valence-corrected chi connectivity index (χ0v) is 18.9. The summed E-state index contributed by atoms with van der Waals surface area (Å²) < 4.78 is 1.24. The third-order valence-electron chi connectivity index (χ3n) is 5.25. The first-order chi connectivity index (χ1) is 14.0.